The lowest BCUT2D eigenvalue weighted by Crippen LogP contribution is -2.42. The Balaban J connectivity index is 1.89. The van der Waals surface area contributed by atoms with Gasteiger partial charge in [0, 0.05) is 18.8 Å². The smallest absolute Gasteiger partial charge is 0.335 e. The molecular formula is C15H17NO4. The molecule has 0 saturated carbocycles. The van der Waals surface area contributed by atoms with E-state index in [0.717, 1.165) is 36.9 Å². The first-order chi connectivity index (χ1) is 9.66. The number of amides is 1. The van der Waals surface area contributed by atoms with E-state index in [0.29, 0.717) is 13.2 Å². The van der Waals surface area contributed by atoms with Gasteiger partial charge >= 0.3 is 5.97 Å². The fourth-order valence-corrected chi connectivity index (χ4v) is 2.91. The van der Waals surface area contributed by atoms with Gasteiger partial charge in [-0.3, -0.25) is 4.79 Å². The average molecular weight is 275 g/mol. The van der Waals surface area contributed by atoms with E-state index in [-0.39, 0.29) is 17.6 Å². The average Bonchev–Trinajstić information content (AvgIpc) is 2.99. The summed E-state index contributed by atoms with van der Waals surface area (Å²) >= 11 is 0. The summed E-state index contributed by atoms with van der Waals surface area (Å²) in [5, 5.41) is 9.03. The molecule has 106 valence electrons. The Hall–Kier alpha value is -1.88. The summed E-state index contributed by atoms with van der Waals surface area (Å²) in [6.45, 7) is 1.33. The van der Waals surface area contributed by atoms with Gasteiger partial charge in [0.15, 0.2) is 0 Å². The van der Waals surface area contributed by atoms with Gasteiger partial charge in [-0.15, -0.1) is 0 Å². The van der Waals surface area contributed by atoms with Crippen LogP contribution < -0.4 is 4.90 Å². The molecule has 1 atom stereocenters. The molecule has 5 heteroatoms. The molecule has 1 aromatic carbocycles. The first-order valence-corrected chi connectivity index (χ1v) is 6.96. The SMILES string of the molecule is O=C(O)c1ccc2c(c1)CCCN2C(=O)[C@@H]1CCCO1. The Labute approximate surface area is 117 Å². The topological polar surface area (TPSA) is 66.8 Å². The Kier molecular flexibility index (Phi) is 3.44. The fourth-order valence-electron chi connectivity index (χ4n) is 2.91. The number of rotatable bonds is 2. The Morgan fingerprint density at radius 3 is 2.85 bits per heavy atom. The van der Waals surface area contributed by atoms with Crippen molar-refractivity contribution in [2.75, 3.05) is 18.1 Å². The van der Waals surface area contributed by atoms with Gasteiger partial charge in [0.1, 0.15) is 6.10 Å². The van der Waals surface area contributed by atoms with Crippen molar-refractivity contribution in [3.8, 4) is 0 Å². The number of anilines is 1. The minimum atomic E-state index is -0.935. The number of carboxylic acid groups (broad SMARTS) is 1. The van der Waals surface area contributed by atoms with Crippen LogP contribution in [0.4, 0.5) is 5.69 Å². The highest BCUT2D eigenvalue weighted by molar-refractivity contribution is 5.98. The first-order valence-electron chi connectivity index (χ1n) is 6.96. The molecule has 2 aliphatic heterocycles. The number of fused-ring (bicyclic) bond motifs is 1. The van der Waals surface area contributed by atoms with Crippen LogP contribution in [0.3, 0.4) is 0 Å². The number of aromatic carboxylic acids is 1. The van der Waals surface area contributed by atoms with Gasteiger partial charge in [0.2, 0.25) is 0 Å². The molecule has 2 heterocycles. The van der Waals surface area contributed by atoms with Crippen molar-refractivity contribution < 1.29 is 19.4 Å². The molecule has 3 rings (SSSR count). The second kappa shape index (κ2) is 5.25. The maximum absolute atomic E-state index is 12.5. The monoisotopic (exact) mass is 275 g/mol. The van der Waals surface area contributed by atoms with E-state index in [1.165, 1.54) is 0 Å². The third kappa shape index (κ3) is 2.29. The number of benzene rings is 1. The molecule has 1 saturated heterocycles. The number of carbonyl (C=O) groups excluding carboxylic acids is 1. The zero-order valence-electron chi connectivity index (χ0n) is 11.2. The van der Waals surface area contributed by atoms with E-state index in [2.05, 4.69) is 0 Å². The molecule has 0 spiro atoms. The molecule has 0 aliphatic carbocycles. The lowest BCUT2D eigenvalue weighted by Gasteiger charge is -2.31. The van der Waals surface area contributed by atoms with Crippen molar-refractivity contribution in [3.05, 3.63) is 29.3 Å². The lowest BCUT2D eigenvalue weighted by molar-refractivity contribution is -0.127. The summed E-state index contributed by atoms with van der Waals surface area (Å²) in [6, 6.07) is 4.97. The Morgan fingerprint density at radius 1 is 1.30 bits per heavy atom. The standard InChI is InChI=1S/C15H17NO4/c17-14(13-4-2-8-20-13)16-7-1-3-10-9-11(15(18)19)5-6-12(10)16/h5-6,9,13H,1-4,7-8H2,(H,18,19)/t13-/m0/s1. The number of ether oxygens (including phenoxy) is 1. The quantitative estimate of drug-likeness (QED) is 0.894. The summed E-state index contributed by atoms with van der Waals surface area (Å²) in [6.07, 6.45) is 3.04. The largest absolute Gasteiger partial charge is 0.478 e. The van der Waals surface area contributed by atoms with Gasteiger partial charge in [-0.25, -0.2) is 4.79 Å². The second-order valence-electron chi connectivity index (χ2n) is 5.24. The maximum atomic E-state index is 12.5. The number of nitrogens with zero attached hydrogens (tertiary/aromatic N) is 1. The van der Waals surface area contributed by atoms with Crippen LogP contribution in [0.2, 0.25) is 0 Å². The van der Waals surface area contributed by atoms with Crippen LogP contribution in [0, 0.1) is 0 Å². The molecule has 1 fully saturated rings. The highest BCUT2D eigenvalue weighted by Gasteiger charge is 2.31. The van der Waals surface area contributed by atoms with Crippen LogP contribution in [0.15, 0.2) is 18.2 Å². The van der Waals surface area contributed by atoms with Gasteiger partial charge in [0.25, 0.3) is 5.91 Å². The van der Waals surface area contributed by atoms with E-state index in [1.807, 2.05) is 0 Å². The van der Waals surface area contributed by atoms with Crippen LogP contribution in [0.1, 0.15) is 35.2 Å². The zero-order valence-corrected chi connectivity index (χ0v) is 11.2. The highest BCUT2D eigenvalue weighted by atomic mass is 16.5. The normalized spacial score (nSPS) is 21.6. The predicted octanol–water partition coefficient (Wildman–Crippen LogP) is 1.84. The predicted molar refractivity (Wildman–Crippen MR) is 73.0 cm³/mol. The molecule has 0 bridgehead atoms. The van der Waals surface area contributed by atoms with Crippen molar-refractivity contribution in [1.29, 1.82) is 0 Å². The van der Waals surface area contributed by atoms with Crippen LogP contribution in [-0.2, 0) is 16.0 Å². The van der Waals surface area contributed by atoms with Crippen molar-refractivity contribution in [3.63, 3.8) is 0 Å². The van der Waals surface area contributed by atoms with E-state index in [1.54, 1.807) is 23.1 Å². The van der Waals surface area contributed by atoms with Gasteiger partial charge in [-0.1, -0.05) is 0 Å². The number of aryl methyl sites for hydroxylation is 1. The Bertz CT molecular complexity index is 549. The third-order valence-corrected chi connectivity index (χ3v) is 3.92. The van der Waals surface area contributed by atoms with Crippen LogP contribution in [-0.4, -0.2) is 36.2 Å². The number of hydrogen-bond acceptors (Lipinski definition) is 3. The summed E-state index contributed by atoms with van der Waals surface area (Å²) in [5.41, 5.74) is 2.04. The van der Waals surface area contributed by atoms with Crippen molar-refractivity contribution in [2.45, 2.75) is 31.8 Å². The molecule has 0 radical (unpaired) electrons. The van der Waals surface area contributed by atoms with E-state index in [9.17, 15) is 9.59 Å². The summed E-state index contributed by atoms with van der Waals surface area (Å²) in [4.78, 5) is 25.2. The van der Waals surface area contributed by atoms with Crippen LogP contribution >= 0.6 is 0 Å². The summed E-state index contributed by atoms with van der Waals surface area (Å²) < 4.78 is 5.46. The summed E-state index contributed by atoms with van der Waals surface area (Å²) in [7, 11) is 0. The van der Waals surface area contributed by atoms with Crippen molar-refractivity contribution >= 4 is 17.6 Å². The minimum absolute atomic E-state index is 0.00604. The van der Waals surface area contributed by atoms with Crippen molar-refractivity contribution in [2.24, 2.45) is 0 Å². The molecule has 20 heavy (non-hydrogen) atoms. The molecule has 5 nitrogen and oxygen atoms in total. The van der Waals surface area contributed by atoms with E-state index < -0.39 is 5.97 Å². The molecule has 1 aromatic rings. The number of carboxylic acids is 1. The van der Waals surface area contributed by atoms with Gasteiger partial charge < -0.3 is 14.7 Å². The van der Waals surface area contributed by atoms with Gasteiger partial charge in [0.05, 0.1) is 5.56 Å². The molecule has 0 aromatic heterocycles. The molecule has 2 aliphatic rings. The first kappa shape index (κ1) is 13.1. The Morgan fingerprint density at radius 2 is 2.15 bits per heavy atom. The van der Waals surface area contributed by atoms with Crippen molar-refractivity contribution in [1.82, 2.24) is 0 Å². The zero-order chi connectivity index (χ0) is 14.1. The molecule has 0 unspecified atom stereocenters. The summed E-state index contributed by atoms with van der Waals surface area (Å²) in [5.74, 6) is -0.929. The van der Waals surface area contributed by atoms with Crippen LogP contribution in [0.5, 0.6) is 0 Å². The fraction of sp³-hybridized carbons (Fsp3) is 0.467. The lowest BCUT2D eigenvalue weighted by atomic mass is 9.98. The number of hydrogen-bond donors (Lipinski definition) is 1. The third-order valence-electron chi connectivity index (χ3n) is 3.92. The molecular weight excluding hydrogens is 258 g/mol. The van der Waals surface area contributed by atoms with E-state index in [4.69, 9.17) is 9.84 Å². The minimum Gasteiger partial charge on any atom is -0.478 e. The second-order valence-corrected chi connectivity index (χ2v) is 5.24. The number of carbonyl (C=O) groups is 2. The molecule has 1 N–H and O–H groups in total. The van der Waals surface area contributed by atoms with Crippen LogP contribution in [0.25, 0.3) is 0 Å². The van der Waals surface area contributed by atoms with E-state index >= 15 is 0 Å². The van der Waals surface area contributed by atoms with Gasteiger partial charge in [-0.2, -0.15) is 0 Å². The highest BCUT2D eigenvalue weighted by Crippen LogP contribution is 2.30. The van der Waals surface area contributed by atoms with Gasteiger partial charge in [-0.05, 0) is 49.4 Å². The molecule has 1 amide bonds. The maximum Gasteiger partial charge on any atom is 0.335 e.